The van der Waals surface area contributed by atoms with Crippen LogP contribution in [-0.2, 0) is 17.9 Å². The second-order valence-electron chi connectivity index (χ2n) is 8.07. The van der Waals surface area contributed by atoms with E-state index in [0.29, 0.717) is 30.1 Å². The number of halogens is 2. The summed E-state index contributed by atoms with van der Waals surface area (Å²) >= 11 is 8.02. The normalized spacial score (nSPS) is 18.4. The van der Waals surface area contributed by atoms with Gasteiger partial charge >= 0.3 is 0 Å². The molecule has 0 radical (unpaired) electrons. The van der Waals surface area contributed by atoms with E-state index in [1.165, 1.54) is 6.07 Å². The van der Waals surface area contributed by atoms with E-state index < -0.39 is 0 Å². The van der Waals surface area contributed by atoms with E-state index in [1.54, 1.807) is 49.1 Å². The number of likely N-dealkylation sites (N-methyl/N-ethyl adjacent to an activating group) is 1. The Morgan fingerprint density at radius 1 is 1.30 bits per heavy atom. The number of carbonyl (C=O) groups excluding carboxylic acids is 1. The number of likely N-dealkylation sites (tertiary alicyclic amines) is 1. The topological polar surface area (TPSA) is 61.5 Å². The Bertz CT molecular complexity index is 1060. The monoisotopic (exact) mass is 488 g/mol. The Labute approximate surface area is 202 Å². The van der Waals surface area contributed by atoms with Crippen LogP contribution < -0.4 is 4.74 Å². The number of nitrogens with zero attached hydrogens (tertiary/aromatic N) is 3. The van der Waals surface area contributed by atoms with Crippen LogP contribution >= 0.6 is 23.4 Å². The minimum atomic E-state index is -0.371. The summed E-state index contributed by atoms with van der Waals surface area (Å²) in [5.41, 5.74) is 1.28. The number of carbonyl (C=O) groups is 1. The number of ether oxygens (including phenoxy) is 1. The van der Waals surface area contributed by atoms with Crippen LogP contribution in [0, 0.1) is 5.82 Å². The van der Waals surface area contributed by atoms with Gasteiger partial charge in [0, 0.05) is 47.1 Å². The first-order valence-electron chi connectivity index (χ1n) is 10.7. The molecule has 2 aromatic carbocycles. The third kappa shape index (κ3) is 5.69. The van der Waals surface area contributed by atoms with E-state index in [1.807, 2.05) is 35.2 Å². The highest BCUT2D eigenvalue weighted by atomic mass is 35.5. The summed E-state index contributed by atoms with van der Waals surface area (Å²) in [7, 11) is 3.42. The van der Waals surface area contributed by atoms with Crippen molar-refractivity contribution in [1.29, 1.82) is 0 Å². The van der Waals surface area contributed by atoms with Gasteiger partial charge in [-0.15, -0.1) is 11.8 Å². The third-order valence-electron chi connectivity index (χ3n) is 5.78. The zero-order valence-corrected chi connectivity index (χ0v) is 20.1. The van der Waals surface area contributed by atoms with Gasteiger partial charge in [-0.1, -0.05) is 17.7 Å². The fourth-order valence-corrected chi connectivity index (χ4v) is 5.52. The van der Waals surface area contributed by atoms with Crippen LogP contribution in [0.1, 0.15) is 17.7 Å². The molecule has 0 saturated carbocycles. The summed E-state index contributed by atoms with van der Waals surface area (Å²) in [6.45, 7) is 1.36. The van der Waals surface area contributed by atoms with Crippen LogP contribution in [0.5, 0.6) is 5.75 Å². The second kappa shape index (κ2) is 10.6. The summed E-state index contributed by atoms with van der Waals surface area (Å²) in [5.74, 6) is 0.441. The van der Waals surface area contributed by atoms with Gasteiger partial charge in [0.15, 0.2) is 0 Å². The predicted molar refractivity (Wildman–Crippen MR) is 128 cm³/mol. The van der Waals surface area contributed by atoms with E-state index in [0.717, 1.165) is 16.3 Å². The van der Waals surface area contributed by atoms with Crippen LogP contribution in [-0.4, -0.2) is 57.9 Å². The Balaban J connectivity index is 1.52. The number of thioether (sulfide) groups is 1. The van der Waals surface area contributed by atoms with Crippen LogP contribution in [0.3, 0.4) is 0 Å². The zero-order valence-electron chi connectivity index (χ0n) is 18.5. The van der Waals surface area contributed by atoms with E-state index in [4.69, 9.17) is 16.3 Å². The lowest BCUT2D eigenvalue weighted by molar-refractivity contribution is -0.135. The van der Waals surface area contributed by atoms with Crippen molar-refractivity contribution in [3.8, 4) is 5.75 Å². The summed E-state index contributed by atoms with van der Waals surface area (Å²) in [6, 6.07) is 14.0. The number of aromatic nitrogens is 2. The van der Waals surface area contributed by atoms with Gasteiger partial charge in [-0.3, -0.25) is 14.8 Å². The number of benzene rings is 2. The first kappa shape index (κ1) is 23.6. The highest BCUT2D eigenvalue weighted by Crippen LogP contribution is 2.36. The molecule has 0 aliphatic carbocycles. The Morgan fingerprint density at radius 3 is 2.76 bits per heavy atom. The molecule has 1 aliphatic heterocycles. The molecule has 2 heterocycles. The highest BCUT2D eigenvalue weighted by molar-refractivity contribution is 8.00. The van der Waals surface area contributed by atoms with Crippen molar-refractivity contribution >= 4 is 29.3 Å². The van der Waals surface area contributed by atoms with Gasteiger partial charge < -0.3 is 9.64 Å². The van der Waals surface area contributed by atoms with Crippen molar-refractivity contribution in [2.45, 2.75) is 35.7 Å². The maximum absolute atomic E-state index is 14.5. The molecule has 3 aromatic rings. The molecule has 1 saturated heterocycles. The maximum atomic E-state index is 14.5. The molecule has 4 rings (SSSR count). The molecular formula is C24H26ClFN4O2S. The standard InChI is InChI=1S/C24H26ClFN4O2S/c1-29(13-16-10-11-27-28-16)24(31)23-12-19(33-18-8-6-17(32-2)7-9-18)14-30(23)15-20-21(25)4-3-5-22(20)26/h3-11,19,23H,12-15H2,1-2H3,(H,27,28)/t19-,23+/m1/s1. The molecule has 6 nitrogen and oxygen atoms in total. The maximum Gasteiger partial charge on any atom is 0.240 e. The molecule has 1 aromatic heterocycles. The van der Waals surface area contributed by atoms with Crippen molar-refractivity contribution in [2.24, 2.45) is 0 Å². The van der Waals surface area contributed by atoms with Crippen LogP contribution in [0.2, 0.25) is 5.02 Å². The van der Waals surface area contributed by atoms with Crippen molar-refractivity contribution in [2.75, 3.05) is 20.7 Å². The Kier molecular flexibility index (Phi) is 7.57. The Morgan fingerprint density at radius 2 is 2.09 bits per heavy atom. The second-order valence-corrected chi connectivity index (χ2v) is 9.85. The molecule has 1 aliphatic rings. The minimum absolute atomic E-state index is 0.00473. The third-order valence-corrected chi connectivity index (χ3v) is 7.35. The molecule has 0 unspecified atom stereocenters. The minimum Gasteiger partial charge on any atom is -0.497 e. The fourth-order valence-electron chi connectivity index (χ4n) is 4.07. The lowest BCUT2D eigenvalue weighted by atomic mass is 10.1. The van der Waals surface area contributed by atoms with Gasteiger partial charge in [-0.2, -0.15) is 5.10 Å². The number of nitrogens with one attached hydrogen (secondary N) is 1. The molecular weight excluding hydrogens is 463 g/mol. The van der Waals surface area contributed by atoms with Gasteiger partial charge in [0.2, 0.25) is 5.91 Å². The number of rotatable bonds is 8. The molecule has 0 bridgehead atoms. The molecule has 2 atom stereocenters. The number of H-pyrrole nitrogens is 1. The van der Waals surface area contributed by atoms with Crippen LogP contribution in [0.15, 0.2) is 59.6 Å². The largest absolute Gasteiger partial charge is 0.497 e. The number of aromatic amines is 1. The van der Waals surface area contributed by atoms with Gasteiger partial charge in [-0.25, -0.2) is 4.39 Å². The summed E-state index contributed by atoms with van der Waals surface area (Å²) in [4.78, 5) is 18.2. The van der Waals surface area contributed by atoms with E-state index >= 15 is 0 Å². The van der Waals surface area contributed by atoms with Crippen molar-refractivity contribution in [3.63, 3.8) is 0 Å². The molecule has 1 amide bonds. The SMILES string of the molecule is COc1ccc(S[C@@H]2C[C@@H](C(=O)N(C)Cc3ccn[nH]3)N(Cc3c(F)cccc3Cl)C2)cc1. The molecule has 174 valence electrons. The zero-order chi connectivity index (χ0) is 23.4. The predicted octanol–water partition coefficient (Wildman–Crippen LogP) is 4.60. The Hall–Kier alpha value is -2.55. The smallest absolute Gasteiger partial charge is 0.240 e. The molecule has 9 heteroatoms. The number of amides is 1. The van der Waals surface area contributed by atoms with E-state index in [9.17, 15) is 9.18 Å². The molecule has 1 N–H and O–H groups in total. The van der Waals surface area contributed by atoms with Gasteiger partial charge in [0.05, 0.1) is 25.4 Å². The molecule has 0 spiro atoms. The first-order chi connectivity index (χ1) is 15.9. The van der Waals surface area contributed by atoms with Gasteiger partial charge in [-0.05, 0) is 48.9 Å². The first-order valence-corrected chi connectivity index (χ1v) is 11.9. The van der Waals surface area contributed by atoms with Gasteiger partial charge in [0.1, 0.15) is 11.6 Å². The summed E-state index contributed by atoms with van der Waals surface area (Å²) in [5, 5.41) is 7.40. The van der Waals surface area contributed by atoms with Crippen molar-refractivity contribution < 1.29 is 13.9 Å². The lowest BCUT2D eigenvalue weighted by Crippen LogP contribution is -2.43. The average molecular weight is 489 g/mol. The van der Waals surface area contributed by atoms with Crippen LogP contribution in [0.4, 0.5) is 4.39 Å². The highest BCUT2D eigenvalue weighted by Gasteiger charge is 2.39. The van der Waals surface area contributed by atoms with Crippen molar-refractivity contribution in [3.05, 3.63) is 76.8 Å². The van der Waals surface area contributed by atoms with E-state index in [2.05, 4.69) is 10.2 Å². The lowest BCUT2D eigenvalue weighted by Gasteiger charge is -2.28. The van der Waals surface area contributed by atoms with Gasteiger partial charge in [0.25, 0.3) is 0 Å². The fraction of sp³-hybridized carbons (Fsp3) is 0.333. The van der Waals surface area contributed by atoms with E-state index in [-0.39, 0.29) is 29.6 Å². The molecule has 1 fully saturated rings. The molecule has 33 heavy (non-hydrogen) atoms. The van der Waals surface area contributed by atoms with Crippen molar-refractivity contribution in [1.82, 2.24) is 20.0 Å². The van der Waals surface area contributed by atoms with Crippen LogP contribution in [0.25, 0.3) is 0 Å². The average Bonchev–Trinajstić information content (AvgIpc) is 3.46. The number of hydrogen-bond donors (Lipinski definition) is 1. The number of methoxy groups -OCH3 is 1. The number of hydrogen-bond acceptors (Lipinski definition) is 5. The summed E-state index contributed by atoms with van der Waals surface area (Å²) < 4.78 is 19.8. The summed E-state index contributed by atoms with van der Waals surface area (Å²) in [6.07, 6.45) is 2.33. The quantitative estimate of drug-likeness (QED) is 0.502.